The van der Waals surface area contributed by atoms with Gasteiger partial charge in [0.25, 0.3) is 5.91 Å². The SMILES string of the molecule is NC(=S)c1ccccc1NC(=O)c1c(F)cc(F)cc1F. The Bertz CT molecular complexity index is 711. The van der Waals surface area contributed by atoms with Gasteiger partial charge in [-0.15, -0.1) is 0 Å². The molecule has 1 amide bonds. The van der Waals surface area contributed by atoms with Crippen LogP contribution in [-0.4, -0.2) is 10.9 Å². The highest BCUT2D eigenvalue weighted by molar-refractivity contribution is 7.80. The van der Waals surface area contributed by atoms with E-state index in [2.05, 4.69) is 5.32 Å². The third-order valence-corrected chi connectivity index (χ3v) is 2.89. The Morgan fingerprint density at radius 3 is 2.24 bits per heavy atom. The van der Waals surface area contributed by atoms with Gasteiger partial charge in [0.2, 0.25) is 0 Å². The molecule has 21 heavy (non-hydrogen) atoms. The van der Waals surface area contributed by atoms with Crippen molar-refractivity contribution in [1.29, 1.82) is 0 Å². The van der Waals surface area contributed by atoms with Crippen LogP contribution in [0.4, 0.5) is 18.9 Å². The molecule has 2 aromatic carbocycles. The number of hydrogen-bond donors (Lipinski definition) is 2. The summed E-state index contributed by atoms with van der Waals surface area (Å²) in [6, 6.07) is 7.12. The van der Waals surface area contributed by atoms with Crippen LogP contribution in [0.5, 0.6) is 0 Å². The first kappa shape index (κ1) is 15.0. The summed E-state index contributed by atoms with van der Waals surface area (Å²) in [5.41, 5.74) is 5.17. The Labute approximate surface area is 123 Å². The minimum atomic E-state index is -1.29. The zero-order chi connectivity index (χ0) is 15.6. The van der Waals surface area contributed by atoms with Gasteiger partial charge >= 0.3 is 0 Å². The number of nitrogens with one attached hydrogen (secondary N) is 1. The molecular weight excluding hydrogens is 301 g/mol. The molecule has 0 unspecified atom stereocenters. The molecule has 3 N–H and O–H groups in total. The lowest BCUT2D eigenvalue weighted by Crippen LogP contribution is -2.19. The highest BCUT2D eigenvalue weighted by Crippen LogP contribution is 2.19. The molecule has 0 spiro atoms. The summed E-state index contributed by atoms with van der Waals surface area (Å²) >= 11 is 4.82. The maximum absolute atomic E-state index is 13.5. The van der Waals surface area contributed by atoms with Crippen LogP contribution in [0.25, 0.3) is 0 Å². The van der Waals surface area contributed by atoms with Crippen molar-refractivity contribution >= 4 is 28.8 Å². The third kappa shape index (κ3) is 3.19. The van der Waals surface area contributed by atoms with Crippen molar-refractivity contribution in [3.63, 3.8) is 0 Å². The second kappa shape index (κ2) is 5.92. The van der Waals surface area contributed by atoms with Crippen LogP contribution in [0.1, 0.15) is 15.9 Å². The van der Waals surface area contributed by atoms with Gasteiger partial charge in [0.1, 0.15) is 28.0 Å². The lowest BCUT2D eigenvalue weighted by molar-refractivity contribution is 0.101. The summed E-state index contributed by atoms with van der Waals surface area (Å²) in [5, 5.41) is 2.30. The molecule has 0 heterocycles. The molecule has 0 bridgehead atoms. The Hall–Kier alpha value is -2.41. The molecule has 0 radical (unpaired) electrons. The maximum Gasteiger partial charge on any atom is 0.261 e. The van der Waals surface area contributed by atoms with Gasteiger partial charge in [-0.25, -0.2) is 13.2 Å². The molecule has 0 saturated carbocycles. The summed E-state index contributed by atoms with van der Waals surface area (Å²) < 4.78 is 39.9. The summed E-state index contributed by atoms with van der Waals surface area (Å²) in [4.78, 5) is 12.0. The monoisotopic (exact) mass is 310 g/mol. The topological polar surface area (TPSA) is 55.1 Å². The first-order valence-corrected chi connectivity index (χ1v) is 6.15. The number of nitrogens with two attached hydrogens (primary N) is 1. The van der Waals surface area contributed by atoms with Gasteiger partial charge in [0.05, 0.1) is 5.69 Å². The Morgan fingerprint density at radius 1 is 1.10 bits per heavy atom. The highest BCUT2D eigenvalue weighted by Gasteiger charge is 2.20. The first-order chi connectivity index (χ1) is 9.90. The first-order valence-electron chi connectivity index (χ1n) is 5.75. The summed E-state index contributed by atoms with van der Waals surface area (Å²) in [6.07, 6.45) is 0. The average Bonchev–Trinajstić information content (AvgIpc) is 2.37. The van der Waals surface area contributed by atoms with Crippen LogP contribution in [-0.2, 0) is 0 Å². The van der Waals surface area contributed by atoms with Crippen LogP contribution < -0.4 is 11.1 Å². The van der Waals surface area contributed by atoms with Crippen molar-refractivity contribution in [2.24, 2.45) is 5.73 Å². The molecule has 0 aliphatic heterocycles. The van der Waals surface area contributed by atoms with Crippen LogP contribution >= 0.6 is 12.2 Å². The maximum atomic E-state index is 13.5. The van der Waals surface area contributed by atoms with E-state index in [0.29, 0.717) is 17.7 Å². The number of para-hydroxylation sites is 1. The molecule has 2 rings (SSSR count). The average molecular weight is 310 g/mol. The smallest absolute Gasteiger partial charge is 0.261 e. The van der Waals surface area contributed by atoms with E-state index in [-0.39, 0.29) is 10.7 Å². The van der Waals surface area contributed by atoms with E-state index in [1.807, 2.05) is 0 Å². The summed E-state index contributed by atoms with van der Waals surface area (Å²) in [5.74, 6) is -4.76. The number of hydrogen-bond acceptors (Lipinski definition) is 2. The van der Waals surface area contributed by atoms with Crippen LogP contribution in [0.3, 0.4) is 0 Å². The number of carbonyl (C=O) groups excluding carboxylic acids is 1. The number of benzene rings is 2. The number of halogens is 3. The van der Waals surface area contributed by atoms with Gasteiger partial charge in [-0.1, -0.05) is 24.4 Å². The fourth-order valence-corrected chi connectivity index (χ4v) is 1.93. The largest absolute Gasteiger partial charge is 0.389 e. The molecule has 0 aliphatic rings. The predicted molar refractivity (Wildman–Crippen MR) is 76.6 cm³/mol. The van der Waals surface area contributed by atoms with E-state index in [4.69, 9.17) is 18.0 Å². The van der Waals surface area contributed by atoms with Crippen LogP contribution in [0, 0.1) is 17.5 Å². The lowest BCUT2D eigenvalue weighted by Gasteiger charge is -2.11. The minimum absolute atomic E-state index is 0.0194. The minimum Gasteiger partial charge on any atom is -0.389 e. The third-order valence-electron chi connectivity index (χ3n) is 2.67. The molecule has 0 aromatic heterocycles. The summed E-state index contributed by atoms with van der Waals surface area (Å²) in [6.45, 7) is 0. The van der Waals surface area contributed by atoms with Crippen LogP contribution in [0.2, 0.25) is 0 Å². The van der Waals surface area contributed by atoms with Crippen molar-refractivity contribution in [2.75, 3.05) is 5.32 Å². The molecule has 0 atom stereocenters. The number of thiocarbonyl (C=S) groups is 1. The van der Waals surface area contributed by atoms with E-state index in [0.717, 1.165) is 0 Å². The van der Waals surface area contributed by atoms with Gasteiger partial charge in [-0.3, -0.25) is 4.79 Å². The second-order valence-electron chi connectivity index (χ2n) is 4.11. The zero-order valence-electron chi connectivity index (χ0n) is 10.5. The Morgan fingerprint density at radius 2 is 1.67 bits per heavy atom. The van der Waals surface area contributed by atoms with Gasteiger partial charge in [0.15, 0.2) is 0 Å². The zero-order valence-corrected chi connectivity index (χ0v) is 11.3. The molecule has 108 valence electrons. The fourth-order valence-electron chi connectivity index (χ4n) is 1.75. The molecule has 0 aliphatic carbocycles. The van der Waals surface area contributed by atoms with Crippen molar-refractivity contribution < 1.29 is 18.0 Å². The van der Waals surface area contributed by atoms with E-state index >= 15 is 0 Å². The van der Waals surface area contributed by atoms with Crippen molar-refractivity contribution in [3.05, 3.63) is 65.0 Å². The molecule has 0 fully saturated rings. The van der Waals surface area contributed by atoms with Crippen molar-refractivity contribution in [3.8, 4) is 0 Å². The quantitative estimate of drug-likeness (QED) is 0.857. The molecule has 3 nitrogen and oxygen atoms in total. The standard InChI is InChI=1S/C14H9F3N2OS/c15-7-5-9(16)12(10(17)6-7)14(20)19-11-4-2-1-3-8(11)13(18)21/h1-6H,(H2,18,21)(H,19,20). The van der Waals surface area contributed by atoms with Crippen molar-refractivity contribution in [2.45, 2.75) is 0 Å². The van der Waals surface area contributed by atoms with Gasteiger partial charge in [0, 0.05) is 17.7 Å². The molecule has 2 aromatic rings. The van der Waals surface area contributed by atoms with Gasteiger partial charge in [-0.05, 0) is 12.1 Å². The normalized spacial score (nSPS) is 10.2. The van der Waals surface area contributed by atoms with Gasteiger partial charge < -0.3 is 11.1 Å². The van der Waals surface area contributed by atoms with Crippen molar-refractivity contribution in [1.82, 2.24) is 0 Å². The highest BCUT2D eigenvalue weighted by atomic mass is 32.1. The van der Waals surface area contributed by atoms with E-state index in [9.17, 15) is 18.0 Å². The lowest BCUT2D eigenvalue weighted by atomic mass is 10.1. The van der Waals surface area contributed by atoms with E-state index in [1.54, 1.807) is 18.2 Å². The number of amides is 1. The molecule has 0 saturated heterocycles. The summed E-state index contributed by atoms with van der Waals surface area (Å²) in [7, 11) is 0. The fraction of sp³-hybridized carbons (Fsp3) is 0. The number of anilines is 1. The molecular formula is C14H9F3N2OS. The second-order valence-corrected chi connectivity index (χ2v) is 4.55. The number of carbonyl (C=O) groups is 1. The molecule has 7 heteroatoms. The Balaban J connectivity index is 2.38. The predicted octanol–water partition coefficient (Wildman–Crippen LogP) is 2.99. The number of rotatable bonds is 3. The van der Waals surface area contributed by atoms with Crippen LogP contribution in [0.15, 0.2) is 36.4 Å². The van der Waals surface area contributed by atoms with Gasteiger partial charge in [-0.2, -0.15) is 0 Å². The van der Waals surface area contributed by atoms with E-state index < -0.39 is 28.9 Å². The Kier molecular flexibility index (Phi) is 4.23. The van der Waals surface area contributed by atoms with E-state index in [1.165, 1.54) is 6.07 Å².